The number of carbonyl (C=O) groups is 2. The molecule has 0 radical (unpaired) electrons. The molecular weight excluding hydrogens is 326 g/mol. The van der Waals surface area contributed by atoms with Crippen molar-refractivity contribution in [3.05, 3.63) is 28.2 Å². The summed E-state index contributed by atoms with van der Waals surface area (Å²) in [5, 5.41) is 11.5. The molecule has 1 aromatic carbocycles. The normalized spacial score (nSPS) is 11.0. The van der Waals surface area contributed by atoms with Gasteiger partial charge in [-0.1, -0.05) is 15.9 Å². The molecule has 0 heterocycles. The van der Waals surface area contributed by atoms with Gasteiger partial charge in [0.15, 0.2) is 0 Å². The van der Waals surface area contributed by atoms with E-state index in [4.69, 9.17) is 9.84 Å². The summed E-state index contributed by atoms with van der Waals surface area (Å²) in [4.78, 5) is 22.8. The average Bonchev–Trinajstić information content (AvgIpc) is 2.35. The van der Waals surface area contributed by atoms with Crippen molar-refractivity contribution in [3.8, 4) is 5.75 Å². The van der Waals surface area contributed by atoms with Crippen LogP contribution in [0.3, 0.4) is 0 Å². The first-order valence-corrected chi connectivity index (χ1v) is 6.92. The van der Waals surface area contributed by atoms with Gasteiger partial charge >= 0.3 is 5.97 Å². The molecule has 0 spiro atoms. The number of rotatable bonds is 6. The van der Waals surface area contributed by atoms with Crippen LogP contribution in [0.25, 0.3) is 0 Å². The molecule has 6 heteroatoms. The average molecular weight is 344 g/mol. The third-order valence-electron chi connectivity index (χ3n) is 2.82. The van der Waals surface area contributed by atoms with Gasteiger partial charge in [0.2, 0.25) is 0 Å². The molecule has 0 fully saturated rings. The molecule has 1 aromatic rings. The fourth-order valence-electron chi connectivity index (χ4n) is 1.71. The van der Waals surface area contributed by atoms with Crippen LogP contribution in [0.4, 0.5) is 0 Å². The summed E-state index contributed by atoms with van der Waals surface area (Å²) in [5.74, 6) is -0.704. The zero-order chi connectivity index (χ0) is 15.3. The maximum atomic E-state index is 12.2. The van der Waals surface area contributed by atoms with E-state index in [9.17, 15) is 9.59 Å². The number of hydrogen-bond donors (Lipinski definition) is 2. The Bertz CT molecular complexity index is 514. The van der Waals surface area contributed by atoms with E-state index in [2.05, 4.69) is 21.2 Å². The fraction of sp³-hybridized carbons (Fsp3) is 0.429. The van der Waals surface area contributed by atoms with Crippen LogP contribution in [-0.2, 0) is 4.79 Å². The molecule has 0 aliphatic carbocycles. The van der Waals surface area contributed by atoms with Gasteiger partial charge in [-0.2, -0.15) is 0 Å². The molecule has 0 saturated carbocycles. The number of benzene rings is 1. The summed E-state index contributed by atoms with van der Waals surface area (Å²) in [7, 11) is 1.49. The van der Waals surface area contributed by atoms with Crippen LogP contribution in [0.2, 0.25) is 0 Å². The number of aliphatic carboxylic acids is 1. The Kier molecular flexibility index (Phi) is 5.56. The molecule has 20 heavy (non-hydrogen) atoms. The van der Waals surface area contributed by atoms with Crippen molar-refractivity contribution in [3.63, 3.8) is 0 Å². The summed E-state index contributed by atoms with van der Waals surface area (Å²) >= 11 is 3.31. The SMILES string of the molecule is COc1cc(Br)ccc1C(=O)NC(C)(C)CCC(=O)O. The van der Waals surface area contributed by atoms with Gasteiger partial charge in [0, 0.05) is 16.4 Å². The molecule has 0 unspecified atom stereocenters. The van der Waals surface area contributed by atoms with Crippen molar-refractivity contribution >= 4 is 27.8 Å². The third-order valence-corrected chi connectivity index (χ3v) is 3.32. The van der Waals surface area contributed by atoms with Gasteiger partial charge in [-0.15, -0.1) is 0 Å². The van der Waals surface area contributed by atoms with Gasteiger partial charge in [0.1, 0.15) is 5.75 Å². The molecule has 110 valence electrons. The van der Waals surface area contributed by atoms with E-state index in [-0.39, 0.29) is 12.3 Å². The van der Waals surface area contributed by atoms with Crippen molar-refractivity contribution in [2.45, 2.75) is 32.2 Å². The van der Waals surface area contributed by atoms with E-state index in [1.807, 2.05) is 0 Å². The van der Waals surface area contributed by atoms with Crippen LogP contribution in [0.5, 0.6) is 5.75 Å². The van der Waals surface area contributed by atoms with Crippen molar-refractivity contribution in [1.82, 2.24) is 5.32 Å². The summed E-state index contributed by atoms with van der Waals surface area (Å²) in [6.45, 7) is 3.58. The predicted molar refractivity (Wildman–Crippen MR) is 79.1 cm³/mol. The topological polar surface area (TPSA) is 75.6 Å². The van der Waals surface area contributed by atoms with E-state index in [0.29, 0.717) is 17.7 Å². The summed E-state index contributed by atoms with van der Waals surface area (Å²) in [6, 6.07) is 5.12. The molecular formula is C14H18BrNO4. The lowest BCUT2D eigenvalue weighted by Gasteiger charge is -2.26. The van der Waals surface area contributed by atoms with E-state index in [1.165, 1.54) is 7.11 Å². The molecule has 0 bridgehead atoms. The number of carbonyl (C=O) groups excluding carboxylic acids is 1. The number of hydrogen-bond acceptors (Lipinski definition) is 3. The number of carboxylic acids is 1. The van der Waals surface area contributed by atoms with Gasteiger partial charge in [-0.3, -0.25) is 9.59 Å². The number of nitrogens with one attached hydrogen (secondary N) is 1. The minimum atomic E-state index is -0.881. The molecule has 1 rings (SSSR count). The first-order valence-electron chi connectivity index (χ1n) is 6.13. The first-order chi connectivity index (χ1) is 9.25. The zero-order valence-electron chi connectivity index (χ0n) is 11.7. The molecule has 0 aliphatic heterocycles. The van der Waals surface area contributed by atoms with Gasteiger partial charge in [0.05, 0.1) is 12.7 Å². The highest BCUT2D eigenvalue weighted by atomic mass is 79.9. The molecule has 0 aliphatic rings. The van der Waals surface area contributed by atoms with Crippen LogP contribution in [0.15, 0.2) is 22.7 Å². The van der Waals surface area contributed by atoms with E-state index >= 15 is 0 Å². The number of methoxy groups -OCH3 is 1. The fourth-order valence-corrected chi connectivity index (χ4v) is 2.05. The van der Waals surface area contributed by atoms with Gasteiger partial charge < -0.3 is 15.2 Å². The molecule has 0 saturated heterocycles. The number of halogens is 1. The Labute approximate surface area is 126 Å². The Balaban J connectivity index is 2.83. The van der Waals surface area contributed by atoms with Gasteiger partial charge in [0.25, 0.3) is 5.91 Å². The monoisotopic (exact) mass is 343 g/mol. The highest BCUT2D eigenvalue weighted by Crippen LogP contribution is 2.24. The van der Waals surface area contributed by atoms with E-state index < -0.39 is 11.5 Å². The molecule has 5 nitrogen and oxygen atoms in total. The van der Waals surface area contributed by atoms with Crippen molar-refractivity contribution in [1.29, 1.82) is 0 Å². The highest BCUT2D eigenvalue weighted by Gasteiger charge is 2.23. The minimum Gasteiger partial charge on any atom is -0.496 e. The van der Waals surface area contributed by atoms with Crippen molar-refractivity contribution in [2.75, 3.05) is 7.11 Å². The Morgan fingerprint density at radius 3 is 2.60 bits per heavy atom. The minimum absolute atomic E-state index is 0.00472. The van der Waals surface area contributed by atoms with E-state index in [0.717, 1.165) is 4.47 Å². The number of ether oxygens (including phenoxy) is 1. The van der Waals surface area contributed by atoms with Gasteiger partial charge in [-0.25, -0.2) is 0 Å². The summed E-state index contributed by atoms with van der Waals surface area (Å²) in [5.41, 5.74) is -0.188. The molecule has 2 N–H and O–H groups in total. The van der Waals surface area contributed by atoms with Gasteiger partial charge in [-0.05, 0) is 38.5 Å². The summed E-state index contributed by atoms with van der Waals surface area (Å²) < 4.78 is 5.99. The Morgan fingerprint density at radius 2 is 2.05 bits per heavy atom. The first kappa shape index (κ1) is 16.5. The second-order valence-electron chi connectivity index (χ2n) is 5.08. The quantitative estimate of drug-likeness (QED) is 0.832. The highest BCUT2D eigenvalue weighted by molar-refractivity contribution is 9.10. The number of amides is 1. The van der Waals surface area contributed by atoms with E-state index in [1.54, 1.807) is 32.0 Å². The number of carboxylic acid groups (broad SMARTS) is 1. The lowest BCUT2D eigenvalue weighted by molar-refractivity contribution is -0.137. The maximum Gasteiger partial charge on any atom is 0.303 e. The van der Waals surface area contributed by atoms with Crippen molar-refractivity contribution < 1.29 is 19.4 Å². The van der Waals surface area contributed by atoms with Crippen LogP contribution < -0.4 is 10.1 Å². The van der Waals surface area contributed by atoms with Crippen LogP contribution >= 0.6 is 15.9 Å². The molecule has 0 atom stereocenters. The molecule has 0 aromatic heterocycles. The van der Waals surface area contributed by atoms with Crippen LogP contribution in [0.1, 0.15) is 37.0 Å². The van der Waals surface area contributed by atoms with Crippen LogP contribution in [0, 0.1) is 0 Å². The Morgan fingerprint density at radius 1 is 1.40 bits per heavy atom. The van der Waals surface area contributed by atoms with Crippen molar-refractivity contribution in [2.24, 2.45) is 0 Å². The lowest BCUT2D eigenvalue weighted by Crippen LogP contribution is -2.43. The standard InChI is InChI=1S/C14H18BrNO4/c1-14(2,7-6-12(17)18)16-13(19)10-5-4-9(15)8-11(10)20-3/h4-5,8H,6-7H2,1-3H3,(H,16,19)(H,17,18). The smallest absolute Gasteiger partial charge is 0.303 e. The second-order valence-corrected chi connectivity index (χ2v) is 5.99. The van der Waals surface area contributed by atoms with Crippen LogP contribution in [-0.4, -0.2) is 29.6 Å². The second kappa shape index (κ2) is 6.74. The molecule has 1 amide bonds. The third kappa shape index (κ3) is 4.85. The largest absolute Gasteiger partial charge is 0.496 e. The summed E-state index contributed by atoms with van der Waals surface area (Å²) in [6.07, 6.45) is 0.359. The Hall–Kier alpha value is -1.56. The maximum absolute atomic E-state index is 12.2. The lowest BCUT2D eigenvalue weighted by atomic mass is 9.97. The zero-order valence-corrected chi connectivity index (χ0v) is 13.3. The predicted octanol–water partition coefficient (Wildman–Crippen LogP) is 2.83.